The van der Waals surface area contributed by atoms with Crippen molar-refractivity contribution in [1.29, 1.82) is 0 Å². The van der Waals surface area contributed by atoms with Gasteiger partial charge in [-0.2, -0.15) is 0 Å². The molecule has 2 N–H and O–H groups in total. The predicted octanol–water partition coefficient (Wildman–Crippen LogP) is 2.05. The van der Waals surface area contributed by atoms with E-state index in [4.69, 9.17) is 4.42 Å². The van der Waals surface area contributed by atoms with Crippen LogP contribution in [0, 0.1) is 13.8 Å². The minimum Gasteiger partial charge on any atom is -0.436 e. The molecule has 0 bridgehead atoms. The van der Waals surface area contributed by atoms with E-state index in [1.807, 2.05) is 0 Å². The van der Waals surface area contributed by atoms with Crippen molar-refractivity contribution in [1.82, 2.24) is 9.97 Å². The Balaban J connectivity index is 2.13. The molecule has 2 heterocycles. The highest BCUT2D eigenvalue weighted by atomic mass is 32.1. The van der Waals surface area contributed by atoms with Gasteiger partial charge in [0.15, 0.2) is 11.0 Å². The summed E-state index contributed by atoms with van der Waals surface area (Å²) >= 11 is 1.25. The monoisotopic (exact) mass is 267 g/mol. The normalized spacial score (nSPS) is 12.4. The van der Waals surface area contributed by atoms with Gasteiger partial charge in [0.05, 0.1) is 17.5 Å². The van der Waals surface area contributed by atoms with Crippen LogP contribution in [0.15, 0.2) is 9.80 Å². The first-order chi connectivity index (χ1) is 8.47. The Labute approximate surface area is 108 Å². The lowest BCUT2D eigenvalue weighted by Gasteiger charge is -1.99. The smallest absolute Gasteiger partial charge is 0.295 e. The SMILES string of the molecule is Cc1nc(C)c(C(=O)Nc2nc(C(C)O)cs2)o1. The maximum absolute atomic E-state index is 11.9. The van der Waals surface area contributed by atoms with Gasteiger partial charge in [-0.15, -0.1) is 11.3 Å². The van der Waals surface area contributed by atoms with Crippen LogP contribution in [-0.2, 0) is 0 Å². The van der Waals surface area contributed by atoms with Crippen molar-refractivity contribution in [3.8, 4) is 0 Å². The molecule has 2 rings (SSSR count). The summed E-state index contributed by atoms with van der Waals surface area (Å²) in [6.45, 7) is 5.00. The Morgan fingerprint density at radius 3 is 2.72 bits per heavy atom. The summed E-state index contributed by atoms with van der Waals surface area (Å²) in [5.74, 6) is 0.238. The molecule has 18 heavy (non-hydrogen) atoms. The van der Waals surface area contributed by atoms with E-state index in [1.54, 1.807) is 26.2 Å². The zero-order chi connectivity index (χ0) is 13.3. The number of carbonyl (C=O) groups excluding carboxylic acids is 1. The summed E-state index contributed by atoms with van der Waals surface area (Å²) in [6, 6.07) is 0. The van der Waals surface area contributed by atoms with Crippen LogP contribution < -0.4 is 5.32 Å². The Morgan fingerprint density at radius 1 is 1.50 bits per heavy atom. The van der Waals surface area contributed by atoms with E-state index >= 15 is 0 Å². The average Bonchev–Trinajstić information content (AvgIpc) is 2.85. The second-order valence-corrected chi connectivity index (χ2v) is 4.71. The first kappa shape index (κ1) is 12.7. The van der Waals surface area contributed by atoms with Crippen molar-refractivity contribution in [3.05, 3.63) is 28.4 Å². The third kappa shape index (κ3) is 2.57. The van der Waals surface area contributed by atoms with Gasteiger partial charge >= 0.3 is 0 Å². The number of nitrogens with zero attached hydrogens (tertiary/aromatic N) is 2. The number of oxazole rings is 1. The maximum Gasteiger partial charge on any atom is 0.295 e. The fourth-order valence-corrected chi connectivity index (χ4v) is 2.22. The minimum absolute atomic E-state index is 0.182. The van der Waals surface area contributed by atoms with Crippen molar-refractivity contribution < 1.29 is 14.3 Å². The fraction of sp³-hybridized carbons (Fsp3) is 0.364. The summed E-state index contributed by atoms with van der Waals surface area (Å²) in [4.78, 5) is 20.0. The second kappa shape index (κ2) is 4.87. The molecule has 0 fully saturated rings. The molecular formula is C11H13N3O3S. The van der Waals surface area contributed by atoms with Crippen LogP contribution >= 0.6 is 11.3 Å². The highest BCUT2D eigenvalue weighted by Crippen LogP contribution is 2.21. The van der Waals surface area contributed by atoms with Crippen molar-refractivity contribution in [2.75, 3.05) is 5.32 Å². The van der Waals surface area contributed by atoms with E-state index in [2.05, 4.69) is 15.3 Å². The van der Waals surface area contributed by atoms with Gasteiger partial charge in [0.2, 0.25) is 5.76 Å². The van der Waals surface area contributed by atoms with Gasteiger partial charge in [0.25, 0.3) is 5.91 Å². The van der Waals surface area contributed by atoms with E-state index in [0.717, 1.165) is 0 Å². The standard InChI is InChI=1S/C11H13N3O3S/c1-5-9(17-7(3)12-5)10(16)14-11-13-8(4-18-11)6(2)15/h4,6,15H,1-3H3,(H,13,14,16). The number of aliphatic hydroxyl groups is 1. The number of anilines is 1. The predicted molar refractivity (Wildman–Crippen MR) is 66.7 cm³/mol. The third-order valence-electron chi connectivity index (χ3n) is 2.28. The first-order valence-electron chi connectivity index (χ1n) is 5.36. The fourth-order valence-electron chi connectivity index (χ4n) is 1.43. The summed E-state index contributed by atoms with van der Waals surface area (Å²) < 4.78 is 5.21. The van der Waals surface area contributed by atoms with Crippen molar-refractivity contribution in [2.45, 2.75) is 26.9 Å². The molecule has 0 saturated heterocycles. The van der Waals surface area contributed by atoms with Gasteiger partial charge in [-0.1, -0.05) is 0 Å². The van der Waals surface area contributed by atoms with Crippen LogP contribution in [0.2, 0.25) is 0 Å². The van der Waals surface area contributed by atoms with Crippen LogP contribution in [0.4, 0.5) is 5.13 Å². The largest absolute Gasteiger partial charge is 0.436 e. The van der Waals surface area contributed by atoms with E-state index in [0.29, 0.717) is 22.4 Å². The minimum atomic E-state index is -0.652. The molecule has 0 spiro atoms. The quantitative estimate of drug-likeness (QED) is 0.888. The van der Waals surface area contributed by atoms with Gasteiger partial charge in [-0.25, -0.2) is 9.97 Å². The van der Waals surface area contributed by atoms with E-state index in [1.165, 1.54) is 11.3 Å². The highest BCUT2D eigenvalue weighted by molar-refractivity contribution is 7.14. The molecule has 96 valence electrons. The number of nitrogens with one attached hydrogen (secondary N) is 1. The molecule has 2 aromatic rings. The highest BCUT2D eigenvalue weighted by Gasteiger charge is 2.17. The number of aliphatic hydroxyl groups excluding tert-OH is 1. The molecule has 1 amide bonds. The van der Waals surface area contributed by atoms with E-state index < -0.39 is 6.10 Å². The van der Waals surface area contributed by atoms with Gasteiger partial charge in [0, 0.05) is 12.3 Å². The van der Waals surface area contributed by atoms with Gasteiger partial charge in [-0.05, 0) is 13.8 Å². The van der Waals surface area contributed by atoms with Crippen LogP contribution in [0.1, 0.15) is 40.9 Å². The van der Waals surface area contributed by atoms with Crippen LogP contribution in [0.25, 0.3) is 0 Å². The van der Waals surface area contributed by atoms with Gasteiger partial charge in [0.1, 0.15) is 0 Å². The zero-order valence-electron chi connectivity index (χ0n) is 10.2. The molecule has 2 aromatic heterocycles. The summed E-state index contributed by atoms with van der Waals surface area (Å²) in [5, 5.41) is 14.1. The van der Waals surface area contributed by atoms with Crippen molar-refractivity contribution in [2.24, 2.45) is 0 Å². The molecule has 0 aliphatic heterocycles. The van der Waals surface area contributed by atoms with Gasteiger partial charge < -0.3 is 9.52 Å². The lowest BCUT2D eigenvalue weighted by Crippen LogP contribution is -2.12. The lowest BCUT2D eigenvalue weighted by molar-refractivity contribution is 0.0994. The number of rotatable bonds is 3. The number of aryl methyl sites for hydroxylation is 2. The molecule has 0 aliphatic rings. The molecule has 1 atom stereocenters. The van der Waals surface area contributed by atoms with Crippen LogP contribution in [0.5, 0.6) is 0 Å². The van der Waals surface area contributed by atoms with E-state index in [-0.39, 0.29) is 11.7 Å². The first-order valence-corrected chi connectivity index (χ1v) is 6.24. The number of hydrogen-bond donors (Lipinski definition) is 2. The second-order valence-electron chi connectivity index (χ2n) is 3.86. The summed E-state index contributed by atoms with van der Waals surface area (Å²) in [7, 11) is 0. The lowest BCUT2D eigenvalue weighted by atomic mass is 10.3. The van der Waals surface area contributed by atoms with Crippen LogP contribution in [-0.4, -0.2) is 21.0 Å². The Bertz CT molecular complexity index is 574. The van der Waals surface area contributed by atoms with Gasteiger partial charge in [-0.3, -0.25) is 10.1 Å². The Morgan fingerprint density at radius 2 is 2.22 bits per heavy atom. The molecule has 1 unspecified atom stereocenters. The molecule has 7 heteroatoms. The molecule has 0 aliphatic carbocycles. The molecule has 0 saturated carbocycles. The molecule has 0 aromatic carbocycles. The average molecular weight is 267 g/mol. The Kier molecular flexibility index (Phi) is 3.44. The van der Waals surface area contributed by atoms with Crippen molar-refractivity contribution in [3.63, 3.8) is 0 Å². The number of aromatic nitrogens is 2. The molecule has 6 nitrogen and oxygen atoms in total. The number of thiazole rings is 1. The number of hydrogen-bond acceptors (Lipinski definition) is 6. The third-order valence-corrected chi connectivity index (χ3v) is 3.06. The maximum atomic E-state index is 11.9. The molecule has 0 radical (unpaired) electrons. The van der Waals surface area contributed by atoms with Crippen LogP contribution in [0.3, 0.4) is 0 Å². The summed E-state index contributed by atoms with van der Waals surface area (Å²) in [5.41, 5.74) is 1.07. The molecular weight excluding hydrogens is 254 g/mol. The topological polar surface area (TPSA) is 88.2 Å². The Hall–Kier alpha value is -1.73. The summed E-state index contributed by atoms with van der Waals surface area (Å²) in [6.07, 6.45) is -0.652. The van der Waals surface area contributed by atoms with E-state index in [9.17, 15) is 9.90 Å². The number of amides is 1. The van der Waals surface area contributed by atoms with Crippen molar-refractivity contribution >= 4 is 22.4 Å². The number of carbonyl (C=O) groups is 1. The zero-order valence-corrected chi connectivity index (χ0v) is 11.0.